The number of fused-ring (bicyclic) bond motifs is 1. The van der Waals surface area contributed by atoms with Crippen LogP contribution in [0.4, 0.5) is 0 Å². The first-order valence-corrected chi connectivity index (χ1v) is 8.74. The molecule has 2 saturated heterocycles. The number of rotatable bonds is 4. The van der Waals surface area contributed by atoms with E-state index in [0.29, 0.717) is 11.1 Å². The lowest BCUT2D eigenvalue weighted by molar-refractivity contribution is -0.0287. The van der Waals surface area contributed by atoms with Crippen LogP contribution in [0, 0.1) is 0 Å². The minimum Gasteiger partial charge on any atom is -0.508 e. The molecule has 2 aliphatic heterocycles. The van der Waals surface area contributed by atoms with E-state index in [2.05, 4.69) is 0 Å². The highest BCUT2D eigenvalue weighted by atomic mass is 16.7. The summed E-state index contributed by atoms with van der Waals surface area (Å²) in [6.07, 6.45) is -2.30. The number of aromatic hydroxyl groups is 2. The summed E-state index contributed by atoms with van der Waals surface area (Å²) in [5, 5.41) is 18.6. The van der Waals surface area contributed by atoms with Crippen molar-refractivity contribution in [1.29, 1.82) is 0 Å². The van der Waals surface area contributed by atoms with Crippen LogP contribution < -0.4 is 0 Å². The van der Waals surface area contributed by atoms with E-state index in [1.54, 1.807) is 0 Å². The first-order valence-electron chi connectivity index (χ1n) is 8.74. The molecule has 0 aromatic heterocycles. The van der Waals surface area contributed by atoms with Crippen LogP contribution in [-0.4, -0.2) is 59.8 Å². The van der Waals surface area contributed by atoms with Crippen molar-refractivity contribution in [2.45, 2.75) is 24.4 Å². The summed E-state index contributed by atoms with van der Waals surface area (Å²) >= 11 is 0. The second kappa shape index (κ2) is 7.49. The molecule has 8 nitrogen and oxygen atoms in total. The van der Waals surface area contributed by atoms with Gasteiger partial charge in [-0.2, -0.15) is 0 Å². The highest BCUT2D eigenvalue weighted by Gasteiger charge is 2.51. The Balaban J connectivity index is 1.36. The fourth-order valence-electron chi connectivity index (χ4n) is 3.24. The molecule has 0 aliphatic carbocycles. The monoisotopic (exact) mass is 386 g/mol. The number of benzene rings is 2. The van der Waals surface area contributed by atoms with Gasteiger partial charge < -0.3 is 29.2 Å². The number of phenols is 2. The van der Waals surface area contributed by atoms with Crippen LogP contribution in [0.3, 0.4) is 0 Å². The summed E-state index contributed by atoms with van der Waals surface area (Å²) < 4.78 is 22.2. The Morgan fingerprint density at radius 1 is 0.714 bits per heavy atom. The topological polar surface area (TPSA) is 112 Å². The van der Waals surface area contributed by atoms with Gasteiger partial charge in [0.15, 0.2) is 12.2 Å². The predicted molar refractivity (Wildman–Crippen MR) is 94.1 cm³/mol. The van der Waals surface area contributed by atoms with Crippen molar-refractivity contribution in [3.8, 4) is 11.5 Å². The molecule has 0 spiro atoms. The molecule has 0 bridgehead atoms. The number of carbonyl (C=O) groups excluding carboxylic acids is 2. The highest BCUT2D eigenvalue weighted by Crippen LogP contribution is 2.31. The Morgan fingerprint density at radius 2 is 1.07 bits per heavy atom. The van der Waals surface area contributed by atoms with Gasteiger partial charge in [-0.25, -0.2) is 9.59 Å². The Bertz CT molecular complexity index is 787. The summed E-state index contributed by atoms with van der Waals surface area (Å²) in [7, 11) is 0. The molecule has 146 valence electrons. The average Bonchev–Trinajstić information content (AvgIpc) is 3.26. The van der Waals surface area contributed by atoms with Crippen molar-refractivity contribution >= 4 is 11.9 Å². The normalized spacial score (nSPS) is 25.9. The molecule has 2 aromatic carbocycles. The molecule has 0 amide bonds. The lowest BCUT2D eigenvalue weighted by Gasteiger charge is -2.17. The number of ether oxygens (including phenoxy) is 4. The zero-order valence-corrected chi connectivity index (χ0v) is 14.7. The van der Waals surface area contributed by atoms with Gasteiger partial charge in [0.05, 0.1) is 24.3 Å². The highest BCUT2D eigenvalue weighted by molar-refractivity contribution is 5.90. The Morgan fingerprint density at radius 3 is 1.43 bits per heavy atom. The molecule has 4 atom stereocenters. The fourth-order valence-corrected chi connectivity index (χ4v) is 3.24. The third kappa shape index (κ3) is 3.64. The zero-order valence-electron chi connectivity index (χ0n) is 14.7. The van der Waals surface area contributed by atoms with Gasteiger partial charge in [0.25, 0.3) is 0 Å². The van der Waals surface area contributed by atoms with Crippen LogP contribution in [-0.2, 0) is 18.9 Å². The largest absolute Gasteiger partial charge is 0.508 e. The van der Waals surface area contributed by atoms with Crippen LogP contribution in [0.2, 0.25) is 0 Å². The molecular weight excluding hydrogens is 368 g/mol. The Kier molecular flexibility index (Phi) is 4.89. The number of phenolic OH excluding ortho intramolecular Hbond substituents is 2. The molecule has 2 heterocycles. The van der Waals surface area contributed by atoms with Crippen molar-refractivity contribution in [3.63, 3.8) is 0 Å². The smallest absolute Gasteiger partial charge is 0.338 e. The quantitative estimate of drug-likeness (QED) is 0.763. The molecule has 0 unspecified atom stereocenters. The van der Waals surface area contributed by atoms with Crippen LogP contribution in [0.15, 0.2) is 48.5 Å². The van der Waals surface area contributed by atoms with Crippen molar-refractivity contribution in [2.24, 2.45) is 0 Å². The molecule has 4 rings (SSSR count). The molecule has 2 aliphatic rings. The maximum absolute atomic E-state index is 12.3. The second-order valence-electron chi connectivity index (χ2n) is 6.58. The van der Waals surface area contributed by atoms with Gasteiger partial charge in [-0.15, -0.1) is 0 Å². The number of hydrogen-bond acceptors (Lipinski definition) is 8. The lowest BCUT2D eigenvalue weighted by Crippen LogP contribution is -2.36. The molecule has 2 aromatic rings. The maximum Gasteiger partial charge on any atom is 0.338 e. The third-order valence-corrected chi connectivity index (χ3v) is 4.69. The van der Waals surface area contributed by atoms with Gasteiger partial charge in [-0.1, -0.05) is 0 Å². The summed E-state index contributed by atoms with van der Waals surface area (Å²) in [6, 6.07) is 11.4. The molecular formula is C20H18O8. The van der Waals surface area contributed by atoms with E-state index in [0.717, 1.165) is 0 Å². The minimum absolute atomic E-state index is 0.0539. The van der Waals surface area contributed by atoms with Crippen molar-refractivity contribution < 1.29 is 38.7 Å². The average molecular weight is 386 g/mol. The van der Waals surface area contributed by atoms with E-state index in [4.69, 9.17) is 18.9 Å². The van der Waals surface area contributed by atoms with E-state index in [1.807, 2.05) is 0 Å². The van der Waals surface area contributed by atoms with Gasteiger partial charge in [0, 0.05) is 0 Å². The van der Waals surface area contributed by atoms with E-state index < -0.39 is 36.4 Å². The maximum atomic E-state index is 12.3. The first-order chi connectivity index (χ1) is 13.5. The Labute approximate surface area is 160 Å². The van der Waals surface area contributed by atoms with Crippen molar-refractivity contribution in [1.82, 2.24) is 0 Å². The second-order valence-corrected chi connectivity index (χ2v) is 6.58. The van der Waals surface area contributed by atoms with E-state index in [9.17, 15) is 19.8 Å². The first kappa shape index (κ1) is 18.3. The number of carbonyl (C=O) groups is 2. The molecule has 2 N–H and O–H groups in total. The molecule has 28 heavy (non-hydrogen) atoms. The fraction of sp³-hybridized carbons (Fsp3) is 0.300. The van der Waals surface area contributed by atoms with Gasteiger partial charge in [-0.05, 0) is 48.5 Å². The summed E-state index contributed by atoms with van der Waals surface area (Å²) in [5.41, 5.74) is 0.601. The van der Waals surface area contributed by atoms with Crippen LogP contribution in [0.5, 0.6) is 11.5 Å². The summed E-state index contributed by atoms with van der Waals surface area (Å²) in [4.78, 5) is 24.5. The van der Waals surface area contributed by atoms with Crippen LogP contribution in [0.25, 0.3) is 0 Å². The summed E-state index contributed by atoms with van der Waals surface area (Å²) in [5.74, 6) is -0.999. The van der Waals surface area contributed by atoms with Crippen LogP contribution in [0.1, 0.15) is 20.7 Å². The predicted octanol–water partition coefficient (Wildman–Crippen LogP) is 1.65. The van der Waals surface area contributed by atoms with Crippen molar-refractivity contribution in [3.05, 3.63) is 59.7 Å². The summed E-state index contributed by atoms with van der Waals surface area (Å²) in [6.45, 7) is 0.263. The molecule has 0 saturated carbocycles. The standard InChI is InChI=1S/C20H18O8/c21-13-5-1-11(2-6-13)19(23)27-15-9-25-18-16(10-26-17(15)18)28-20(24)12-3-7-14(22)8-4-12/h1-8,15-18,21-22H,9-10H2/t15-,16-,17-,18-/m1/s1. The third-order valence-electron chi connectivity index (χ3n) is 4.69. The Hall–Kier alpha value is -3.10. The minimum atomic E-state index is -0.622. The zero-order chi connectivity index (χ0) is 19.7. The number of hydrogen-bond donors (Lipinski definition) is 2. The van der Waals surface area contributed by atoms with Gasteiger partial charge in [0.1, 0.15) is 23.7 Å². The van der Waals surface area contributed by atoms with Gasteiger partial charge >= 0.3 is 11.9 Å². The van der Waals surface area contributed by atoms with E-state index >= 15 is 0 Å². The lowest BCUT2D eigenvalue weighted by atomic mass is 10.1. The van der Waals surface area contributed by atoms with Crippen molar-refractivity contribution in [2.75, 3.05) is 13.2 Å². The van der Waals surface area contributed by atoms with E-state index in [-0.39, 0.29) is 24.7 Å². The SMILES string of the molecule is O=C(O[C@@H]1CO[C@H]2[C@@H]1OC[C@H]2OC(=O)c1ccc(O)cc1)c1ccc(O)cc1. The van der Waals surface area contributed by atoms with Crippen LogP contribution >= 0.6 is 0 Å². The number of esters is 2. The molecule has 0 radical (unpaired) electrons. The van der Waals surface area contributed by atoms with E-state index in [1.165, 1.54) is 48.5 Å². The van der Waals surface area contributed by atoms with Gasteiger partial charge in [0.2, 0.25) is 0 Å². The molecule has 2 fully saturated rings. The molecule has 8 heteroatoms. The van der Waals surface area contributed by atoms with Gasteiger partial charge in [-0.3, -0.25) is 0 Å².